The Morgan fingerprint density at radius 3 is 2.70 bits per heavy atom. The highest BCUT2D eigenvalue weighted by molar-refractivity contribution is 5.95. The van der Waals surface area contributed by atoms with Gasteiger partial charge < -0.3 is 19.5 Å². The lowest BCUT2D eigenvalue weighted by Crippen LogP contribution is -2.21. The number of aromatic nitrogens is 4. The maximum absolute atomic E-state index is 12.1. The molecule has 27 heavy (non-hydrogen) atoms. The highest BCUT2D eigenvalue weighted by atomic mass is 16.5. The van der Waals surface area contributed by atoms with E-state index in [4.69, 9.17) is 14.2 Å². The minimum atomic E-state index is -0.822. The Bertz CT molecular complexity index is 1000. The summed E-state index contributed by atoms with van der Waals surface area (Å²) in [5.74, 6) is -0.265. The lowest BCUT2D eigenvalue weighted by Gasteiger charge is -2.11. The molecule has 2 aromatic heterocycles. The summed E-state index contributed by atoms with van der Waals surface area (Å²) in [6.07, 6.45) is 1.56. The summed E-state index contributed by atoms with van der Waals surface area (Å²) in [6, 6.07) is 6.64. The van der Waals surface area contributed by atoms with Crippen LogP contribution in [0, 0.1) is 6.92 Å². The van der Waals surface area contributed by atoms with E-state index in [2.05, 4.69) is 20.4 Å². The van der Waals surface area contributed by atoms with Crippen molar-refractivity contribution in [2.24, 2.45) is 0 Å². The van der Waals surface area contributed by atoms with Gasteiger partial charge in [0.05, 0.1) is 19.9 Å². The van der Waals surface area contributed by atoms with E-state index >= 15 is 0 Å². The summed E-state index contributed by atoms with van der Waals surface area (Å²) >= 11 is 0. The highest BCUT2D eigenvalue weighted by Gasteiger charge is 2.18. The van der Waals surface area contributed by atoms with Crippen LogP contribution in [-0.2, 0) is 9.53 Å². The number of ether oxygens (including phenoxy) is 3. The van der Waals surface area contributed by atoms with Gasteiger partial charge >= 0.3 is 5.97 Å². The molecular weight excluding hydrogens is 354 g/mol. The molecule has 2 heterocycles. The van der Waals surface area contributed by atoms with E-state index in [1.165, 1.54) is 18.7 Å². The van der Waals surface area contributed by atoms with Crippen molar-refractivity contribution in [3.63, 3.8) is 0 Å². The molecule has 10 nitrogen and oxygen atoms in total. The van der Waals surface area contributed by atoms with E-state index in [1.807, 2.05) is 0 Å². The van der Waals surface area contributed by atoms with Crippen LogP contribution in [0.15, 0.2) is 30.5 Å². The van der Waals surface area contributed by atoms with E-state index in [0.29, 0.717) is 17.2 Å². The van der Waals surface area contributed by atoms with E-state index < -0.39 is 18.5 Å². The van der Waals surface area contributed by atoms with Crippen molar-refractivity contribution in [2.75, 3.05) is 26.1 Å². The second-order valence-corrected chi connectivity index (χ2v) is 5.42. The SMILES string of the molecule is COc1ccc(NC(=O)COC(=O)c2nc3nccc(C)n3n2)c(OC)c1. The number of hydrogen-bond acceptors (Lipinski definition) is 8. The predicted octanol–water partition coefficient (Wildman–Crippen LogP) is 1.25. The predicted molar refractivity (Wildman–Crippen MR) is 94.0 cm³/mol. The van der Waals surface area contributed by atoms with Crippen molar-refractivity contribution in [1.29, 1.82) is 0 Å². The first-order valence-corrected chi connectivity index (χ1v) is 7.89. The molecule has 3 aromatic rings. The fourth-order valence-electron chi connectivity index (χ4n) is 2.28. The van der Waals surface area contributed by atoms with Crippen LogP contribution in [0.4, 0.5) is 5.69 Å². The van der Waals surface area contributed by atoms with Crippen LogP contribution in [-0.4, -0.2) is 52.3 Å². The molecule has 0 saturated heterocycles. The average Bonchev–Trinajstić information content (AvgIpc) is 3.12. The number of carbonyl (C=O) groups excluding carboxylic acids is 2. The lowest BCUT2D eigenvalue weighted by atomic mass is 10.2. The molecule has 0 aliphatic rings. The molecule has 0 saturated carbocycles. The molecule has 1 aromatic carbocycles. The van der Waals surface area contributed by atoms with Gasteiger partial charge in [0.15, 0.2) is 6.61 Å². The molecule has 140 valence electrons. The molecule has 0 bridgehead atoms. The van der Waals surface area contributed by atoms with Gasteiger partial charge in [0.1, 0.15) is 11.5 Å². The van der Waals surface area contributed by atoms with Crippen LogP contribution in [0.1, 0.15) is 16.3 Å². The summed E-state index contributed by atoms with van der Waals surface area (Å²) in [6.45, 7) is 1.30. The first-order chi connectivity index (χ1) is 13.0. The number of anilines is 1. The number of amides is 1. The number of benzene rings is 1. The molecule has 1 N–H and O–H groups in total. The molecular formula is C17H17N5O5. The van der Waals surface area contributed by atoms with Gasteiger partial charge in [-0.15, -0.1) is 5.10 Å². The van der Waals surface area contributed by atoms with Crippen molar-refractivity contribution in [3.05, 3.63) is 42.0 Å². The van der Waals surface area contributed by atoms with E-state index in [1.54, 1.807) is 37.4 Å². The van der Waals surface area contributed by atoms with Gasteiger partial charge in [0.25, 0.3) is 17.5 Å². The van der Waals surface area contributed by atoms with Gasteiger partial charge in [-0.1, -0.05) is 0 Å². The Morgan fingerprint density at radius 2 is 2.00 bits per heavy atom. The molecule has 0 unspecified atom stereocenters. The van der Waals surface area contributed by atoms with E-state index in [-0.39, 0.29) is 11.6 Å². The second-order valence-electron chi connectivity index (χ2n) is 5.42. The molecule has 0 aliphatic heterocycles. The van der Waals surface area contributed by atoms with Crippen molar-refractivity contribution >= 4 is 23.3 Å². The van der Waals surface area contributed by atoms with Crippen LogP contribution in [0.3, 0.4) is 0 Å². The molecule has 0 radical (unpaired) electrons. The van der Waals surface area contributed by atoms with Crippen LogP contribution >= 0.6 is 0 Å². The fraction of sp³-hybridized carbons (Fsp3) is 0.235. The van der Waals surface area contributed by atoms with Gasteiger partial charge in [0, 0.05) is 18.0 Å². The number of nitrogens with one attached hydrogen (secondary N) is 1. The fourth-order valence-corrected chi connectivity index (χ4v) is 2.28. The normalized spacial score (nSPS) is 10.5. The monoisotopic (exact) mass is 371 g/mol. The van der Waals surface area contributed by atoms with Crippen molar-refractivity contribution in [3.8, 4) is 11.5 Å². The summed E-state index contributed by atoms with van der Waals surface area (Å²) in [5, 5.41) is 6.62. The number of rotatable bonds is 6. The Labute approximate surface area is 154 Å². The van der Waals surface area contributed by atoms with Gasteiger partial charge in [-0.3, -0.25) is 4.79 Å². The Balaban J connectivity index is 1.63. The standard InChI is InChI=1S/C17H17N5O5/c1-10-6-7-18-17-20-15(21-22(10)17)16(24)27-9-14(23)19-12-5-4-11(25-2)8-13(12)26-3/h4-8H,9H2,1-3H3,(H,19,23). The van der Waals surface area contributed by atoms with Gasteiger partial charge in [-0.25, -0.2) is 14.3 Å². The molecule has 0 aliphatic carbocycles. The van der Waals surface area contributed by atoms with Gasteiger partial charge in [-0.2, -0.15) is 4.98 Å². The number of methoxy groups -OCH3 is 2. The van der Waals surface area contributed by atoms with Crippen molar-refractivity contribution in [2.45, 2.75) is 6.92 Å². The number of hydrogen-bond donors (Lipinski definition) is 1. The first-order valence-electron chi connectivity index (χ1n) is 7.89. The Hall–Kier alpha value is -3.69. The first kappa shape index (κ1) is 18.1. The summed E-state index contributed by atoms with van der Waals surface area (Å²) in [4.78, 5) is 32.1. The van der Waals surface area contributed by atoms with Crippen LogP contribution < -0.4 is 14.8 Å². The second kappa shape index (κ2) is 7.68. The number of aryl methyl sites for hydroxylation is 1. The Morgan fingerprint density at radius 1 is 1.19 bits per heavy atom. The van der Waals surface area contributed by atoms with Gasteiger partial charge in [-0.05, 0) is 25.1 Å². The minimum absolute atomic E-state index is 0.174. The smallest absolute Gasteiger partial charge is 0.378 e. The molecule has 0 atom stereocenters. The number of esters is 1. The average molecular weight is 371 g/mol. The summed E-state index contributed by atoms with van der Waals surface area (Å²) in [7, 11) is 2.99. The zero-order valence-electron chi connectivity index (χ0n) is 14.9. The van der Waals surface area contributed by atoms with Crippen molar-refractivity contribution in [1.82, 2.24) is 19.6 Å². The number of nitrogens with zero attached hydrogens (tertiary/aromatic N) is 4. The van der Waals surface area contributed by atoms with Crippen LogP contribution in [0.5, 0.6) is 11.5 Å². The quantitative estimate of drug-likeness (QED) is 0.643. The van der Waals surface area contributed by atoms with Crippen LogP contribution in [0.25, 0.3) is 5.78 Å². The summed E-state index contributed by atoms with van der Waals surface area (Å²) < 4.78 is 16.7. The zero-order valence-corrected chi connectivity index (χ0v) is 14.9. The van der Waals surface area contributed by atoms with Crippen LogP contribution in [0.2, 0.25) is 0 Å². The van der Waals surface area contributed by atoms with Crippen molar-refractivity contribution < 1.29 is 23.8 Å². The largest absolute Gasteiger partial charge is 0.497 e. The maximum Gasteiger partial charge on any atom is 0.378 e. The number of carbonyl (C=O) groups is 2. The summed E-state index contributed by atoms with van der Waals surface area (Å²) in [5.41, 5.74) is 1.18. The van der Waals surface area contributed by atoms with E-state index in [9.17, 15) is 9.59 Å². The zero-order chi connectivity index (χ0) is 19.4. The number of fused-ring (bicyclic) bond motifs is 1. The Kier molecular flexibility index (Phi) is 5.15. The lowest BCUT2D eigenvalue weighted by molar-refractivity contribution is -0.119. The third-order valence-corrected chi connectivity index (χ3v) is 3.63. The van der Waals surface area contributed by atoms with E-state index in [0.717, 1.165) is 5.69 Å². The molecule has 0 fully saturated rings. The molecule has 10 heteroatoms. The van der Waals surface area contributed by atoms with Gasteiger partial charge in [0.2, 0.25) is 0 Å². The topological polar surface area (TPSA) is 117 Å². The highest BCUT2D eigenvalue weighted by Crippen LogP contribution is 2.28. The maximum atomic E-state index is 12.1. The minimum Gasteiger partial charge on any atom is -0.497 e. The molecule has 1 amide bonds. The third kappa shape index (κ3) is 3.94. The third-order valence-electron chi connectivity index (χ3n) is 3.63. The molecule has 0 spiro atoms. The molecule has 3 rings (SSSR count).